The number of aryl methyl sites for hydroxylation is 1. The van der Waals surface area contributed by atoms with E-state index in [1.54, 1.807) is 9.58 Å². The van der Waals surface area contributed by atoms with Crippen molar-refractivity contribution in [1.29, 1.82) is 0 Å². The Morgan fingerprint density at radius 3 is 2.25 bits per heavy atom. The Labute approximate surface area is 315 Å². The van der Waals surface area contributed by atoms with E-state index in [0.717, 1.165) is 77.4 Å². The van der Waals surface area contributed by atoms with Gasteiger partial charge in [0, 0.05) is 36.0 Å². The summed E-state index contributed by atoms with van der Waals surface area (Å²) in [5.74, 6) is -0.161. The highest BCUT2D eigenvalue weighted by Crippen LogP contribution is 2.30. The molecule has 0 fully saturated rings. The maximum Gasteiger partial charge on any atom is 0.256 e. The standard InChI is InChI=1S/C42H50ClN5O3Si/c1-4-6-22-46(23-7-5-2)42(51)39-24-29(3)48(44-39)40-21-18-35(45-52-37-19-14-31(15-20-37)30-12-16-34(43)17-13-30)26-38(40)41(50)47-27-33-11-9-8-10-32(33)25-36(47)28-49/h8-21,24,26,36,42,45,49,51H,4-7,22-23,25,27-28,52H2,1-3H3. The van der Waals surface area contributed by atoms with Gasteiger partial charge in [0.2, 0.25) is 0 Å². The lowest BCUT2D eigenvalue weighted by Crippen LogP contribution is -2.46. The molecule has 0 saturated carbocycles. The number of nitrogens with one attached hydrogen (secondary N) is 1. The summed E-state index contributed by atoms with van der Waals surface area (Å²) >= 11 is 6.09. The molecule has 0 saturated heterocycles. The van der Waals surface area contributed by atoms with E-state index in [9.17, 15) is 15.0 Å². The summed E-state index contributed by atoms with van der Waals surface area (Å²) in [6, 6.07) is 32.0. The number of halogens is 1. The number of rotatable bonds is 15. The van der Waals surface area contributed by atoms with E-state index in [-0.39, 0.29) is 18.6 Å². The molecule has 4 aromatic carbocycles. The number of hydrogen-bond donors (Lipinski definition) is 3. The molecule has 2 heterocycles. The van der Waals surface area contributed by atoms with Crippen LogP contribution in [0.1, 0.15) is 78.6 Å². The van der Waals surface area contributed by atoms with E-state index in [4.69, 9.17) is 16.7 Å². The monoisotopic (exact) mass is 735 g/mol. The van der Waals surface area contributed by atoms with Crippen LogP contribution in [-0.4, -0.2) is 71.1 Å². The maximum atomic E-state index is 14.7. The summed E-state index contributed by atoms with van der Waals surface area (Å²) in [6.45, 7) is 8.14. The number of anilines is 1. The van der Waals surface area contributed by atoms with Gasteiger partial charge in [0.15, 0.2) is 15.9 Å². The van der Waals surface area contributed by atoms with Gasteiger partial charge in [-0.15, -0.1) is 0 Å². The van der Waals surface area contributed by atoms with Crippen LogP contribution in [0.3, 0.4) is 0 Å². The zero-order chi connectivity index (χ0) is 36.6. The molecule has 6 rings (SSSR count). The van der Waals surface area contributed by atoms with Crippen LogP contribution in [0.5, 0.6) is 0 Å². The van der Waals surface area contributed by atoms with E-state index in [2.05, 4.69) is 60.1 Å². The van der Waals surface area contributed by atoms with E-state index < -0.39 is 15.9 Å². The molecule has 1 aliphatic heterocycles. The molecule has 1 aliphatic rings. The summed E-state index contributed by atoms with van der Waals surface area (Å²) < 4.78 is 1.78. The van der Waals surface area contributed by atoms with E-state index >= 15 is 0 Å². The van der Waals surface area contributed by atoms with Crippen molar-refractivity contribution in [2.75, 3.05) is 24.7 Å². The number of hydrogen-bond acceptors (Lipinski definition) is 6. The van der Waals surface area contributed by atoms with Gasteiger partial charge in [-0.25, -0.2) is 4.68 Å². The van der Waals surface area contributed by atoms with Crippen molar-refractivity contribution in [2.24, 2.45) is 0 Å². The van der Waals surface area contributed by atoms with Crippen molar-refractivity contribution in [2.45, 2.75) is 71.7 Å². The van der Waals surface area contributed by atoms with Crippen molar-refractivity contribution in [1.82, 2.24) is 19.6 Å². The number of carbonyl (C=O) groups excluding carboxylic acids is 1. The first kappa shape index (κ1) is 37.5. The van der Waals surface area contributed by atoms with Crippen molar-refractivity contribution in [3.05, 3.63) is 130 Å². The van der Waals surface area contributed by atoms with Crippen LogP contribution >= 0.6 is 11.6 Å². The van der Waals surface area contributed by atoms with Gasteiger partial charge in [-0.3, -0.25) is 9.69 Å². The lowest BCUT2D eigenvalue weighted by Gasteiger charge is -2.36. The van der Waals surface area contributed by atoms with Crippen LogP contribution in [-0.2, 0) is 13.0 Å². The molecule has 0 aliphatic carbocycles. The lowest BCUT2D eigenvalue weighted by molar-refractivity contribution is -0.00351. The molecule has 272 valence electrons. The highest BCUT2D eigenvalue weighted by Gasteiger charge is 2.32. The fraction of sp³-hybridized carbons (Fsp3) is 0.333. The van der Waals surface area contributed by atoms with E-state index in [1.807, 2.05) is 67.6 Å². The first-order chi connectivity index (χ1) is 25.3. The predicted octanol–water partition coefficient (Wildman–Crippen LogP) is 6.77. The number of fused-ring (bicyclic) bond motifs is 1. The maximum absolute atomic E-state index is 14.7. The molecule has 10 heteroatoms. The number of aromatic nitrogens is 2. The van der Waals surface area contributed by atoms with Gasteiger partial charge in [0.1, 0.15) is 5.69 Å². The number of unbranched alkanes of at least 4 members (excludes halogenated alkanes) is 2. The summed E-state index contributed by atoms with van der Waals surface area (Å²) in [5, 5.41) is 28.9. The number of aliphatic hydroxyl groups excluding tert-OH is 2. The molecule has 2 unspecified atom stereocenters. The first-order valence-electron chi connectivity index (χ1n) is 18.5. The second-order valence-corrected chi connectivity index (χ2v) is 15.7. The average molecular weight is 736 g/mol. The van der Waals surface area contributed by atoms with E-state index in [0.29, 0.717) is 29.9 Å². The Morgan fingerprint density at radius 2 is 1.60 bits per heavy atom. The topological polar surface area (TPSA) is 93.9 Å². The molecule has 1 amide bonds. The number of carbonyl (C=O) groups is 1. The molecular formula is C42H50ClN5O3Si. The minimum atomic E-state index is -0.940. The van der Waals surface area contributed by atoms with Gasteiger partial charge in [0.25, 0.3) is 5.91 Å². The van der Waals surface area contributed by atoms with Gasteiger partial charge < -0.3 is 20.1 Å². The predicted molar refractivity (Wildman–Crippen MR) is 214 cm³/mol. The van der Waals surface area contributed by atoms with Gasteiger partial charge >= 0.3 is 0 Å². The molecule has 52 heavy (non-hydrogen) atoms. The molecule has 1 aromatic heterocycles. The molecular weight excluding hydrogens is 686 g/mol. The molecule has 0 bridgehead atoms. The fourth-order valence-electron chi connectivity index (χ4n) is 6.94. The molecule has 0 spiro atoms. The molecule has 5 aromatic rings. The van der Waals surface area contributed by atoms with Crippen LogP contribution in [0.4, 0.5) is 5.69 Å². The molecule has 3 N–H and O–H groups in total. The smallest absolute Gasteiger partial charge is 0.256 e. The highest BCUT2D eigenvalue weighted by molar-refractivity contribution is 6.56. The summed E-state index contributed by atoms with van der Waals surface area (Å²) in [5.41, 5.74) is 7.88. The van der Waals surface area contributed by atoms with Crippen LogP contribution in [0.2, 0.25) is 5.02 Å². The number of benzene rings is 4. The third-order valence-electron chi connectivity index (χ3n) is 10.0. The Hall–Kier alpha value is -4.25. The number of nitrogens with zero attached hydrogens (tertiary/aromatic N) is 4. The van der Waals surface area contributed by atoms with Crippen LogP contribution in [0.25, 0.3) is 16.8 Å². The second-order valence-electron chi connectivity index (χ2n) is 13.8. The third-order valence-corrected chi connectivity index (χ3v) is 11.7. The van der Waals surface area contributed by atoms with Crippen molar-refractivity contribution in [3.63, 3.8) is 0 Å². The summed E-state index contributed by atoms with van der Waals surface area (Å²) in [6.07, 6.45) is 3.83. The SMILES string of the molecule is CCCCN(CCCC)C(O)c1cc(C)n(-c2ccc(N[SiH2]c3ccc(-c4ccc(Cl)cc4)cc3)cc2C(=O)N2Cc3ccccc3CC2CO)n1. The van der Waals surface area contributed by atoms with E-state index in [1.165, 1.54) is 5.19 Å². The van der Waals surface area contributed by atoms with Gasteiger partial charge in [-0.05, 0) is 90.0 Å². The average Bonchev–Trinajstić information content (AvgIpc) is 3.57. The number of aliphatic hydroxyl groups is 2. The van der Waals surface area contributed by atoms with Gasteiger partial charge in [-0.2, -0.15) is 5.10 Å². The van der Waals surface area contributed by atoms with Crippen molar-refractivity contribution in [3.8, 4) is 16.8 Å². The Balaban J connectivity index is 1.31. The first-order valence-corrected chi connectivity index (χ1v) is 20.3. The van der Waals surface area contributed by atoms with Gasteiger partial charge in [-0.1, -0.05) is 99.0 Å². The summed E-state index contributed by atoms with van der Waals surface area (Å²) in [4.78, 5) is 22.2. The molecule has 0 radical (unpaired) electrons. The third kappa shape index (κ3) is 8.68. The molecule has 2 atom stereocenters. The van der Waals surface area contributed by atoms with Gasteiger partial charge in [0.05, 0.1) is 23.9 Å². The highest BCUT2D eigenvalue weighted by atomic mass is 35.5. The Bertz CT molecular complexity index is 1940. The quantitative estimate of drug-likeness (QED) is 0.0812. The zero-order valence-electron chi connectivity index (χ0n) is 30.4. The summed E-state index contributed by atoms with van der Waals surface area (Å²) in [7, 11) is -0.940. The minimum Gasteiger partial charge on any atom is -0.412 e. The van der Waals surface area contributed by atoms with Crippen molar-refractivity contribution >= 4 is 38.1 Å². The Morgan fingerprint density at radius 1 is 0.942 bits per heavy atom. The largest absolute Gasteiger partial charge is 0.412 e. The van der Waals surface area contributed by atoms with Crippen LogP contribution in [0.15, 0.2) is 97.1 Å². The fourth-order valence-corrected chi connectivity index (χ4v) is 8.17. The zero-order valence-corrected chi connectivity index (χ0v) is 32.6. The van der Waals surface area contributed by atoms with Crippen LogP contribution in [0, 0.1) is 6.92 Å². The van der Waals surface area contributed by atoms with Crippen molar-refractivity contribution < 1.29 is 15.0 Å². The minimum absolute atomic E-state index is 0.130. The second kappa shape index (κ2) is 17.5. The lowest BCUT2D eigenvalue weighted by atomic mass is 9.93. The molecule has 8 nitrogen and oxygen atoms in total. The normalized spacial score (nSPS) is 15.0. The Kier molecular flexibility index (Phi) is 12.6. The number of amides is 1. The van der Waals surface area contributed by atoms with Crippen LogP contribution < -0.4 is 10.2 Å².